The van der Waals surface area contributed by atoms with E-state index in [-0.39, 0.29) is 18.6 Å². The molecule has 0 aromatic heterocycles. The minimum atomic E-state index is -0.774. The number of imide groups is 1. The molecule has 3 amide bonds. The number of nitrogens with zero attached hydrogens (tertiary/aromatic N) is 1. The maximum Gasteiger partial charge on any atom is 0.327 e. The lowest BCUT2D eigenvalue weighted by atomic mass is 9.72. The molecule has 1 aliphatic heterocycles. The first-order valence-corrected chi connectivity index (χ1v) is 12.1. The Kier molecular flexibility index (Phi) is 8.70. The summed E-state index contributed by atoms with van der Waals surface area (Å²) in [6.07, 6.45) is 1.90. The lowest BCUT2D eigenvalue weighted by Gasteiger charge is -2.53. The number of urea groups is 1. The molecule has 2 aromatic carbocycles. The summed E-state index contributed by atoms with van der Waals surface area (Å²) < 4.78 is 11.2. The Bertz CT molecular complexity index is 1010. The van der Waals surface area contributed by atoms with Gasteiger partial charge in [0.15, 0.2) is 6.23 Å². The van der Waals surface area contributed by atoms with Crippen LogP contribution in [-0.2, 0) is 9.53 Å². The summed E-state index contributed by atoms with van der Waals surface area (Å²) in [6.45, 7) is 9.88. The Morgan fingerprint density at radius 3 is 2.29 bits per heavy atom. The van der Waals surface area contributed by atoms with Gasteiger partial charge in [0.05, 0.1) is 12.6 Å². The zero-order valence-electron chi connectivity index (χ0n) is 21.0. The number of hydrogen-bond acceptors (Lipinski definition) is 5. The molecule has 1 aliphatic rings. The van der Waals surface area contributed by atoms with E-state index in [1.165, 1.54) is 12.0 Å². The Hall–Kier alpha value is -3.16. The third-order valence-corrected chi connectivity index (χ3v) is 6.85. The highest BCUT2D eigenvalue weighted by molar-refractivity contribution is 6.03. The van der Waals surface area contributed by atoms with Crippen LogP contribution in [0.4, 0.5) is 4.79 Å². The average molecular weight is 481 g/mol. The molecule has 1 unspecified atom stereocenters. The predicted molar refractivity (Wildman–Crippen MR) is 135 cm³/mol. The van der Waals surface area contributed by atoms with E-state index in [0.717, 1.165) is 11.1 Å². The molecule has 2 N–H and O–H groups in total. The number of nitrogens with one attached hydrogen (secondary N) is 1. The van der Waals surface area contributed by atoms with Gasteiger partial charge < -0.3 is 19.9 Å². The zero-order valence-corrected chi connectivity index (χ0v) is 21.0. The number of amides is 3. The number of hydrogen-bond donors (Lipinski definition) is 2. The van der Waals surface area contributed by atoms with Crippen molar-refractivity contribution in [3.63, 3.8) is 0 Å². The quantitative estimate of drug-likeness (QED) is 0.347. The normalized spacial score (nSPS) is 18.4. The van der Waals surface area contributed by atoms with Gasteiger partial charge in [-0.1, -0.05) is 61.9 Å². The molecule has 0 saturated carbocycles. The lowest BCUT2D eigenvalue weighted by Crippen LogP contribution is -2.73. The fourth-order valence-corrected chi connectivity index (χ4v) is 4.51. The molecule has 0 bridgehead atoms. The van der Waals surface area contributed by atoms with Crippen molar-refractivity contribution in [3.8, 4) is 5.75 Å². The van der Waals surface area contributed by atoms with Gasteiger partial charge in [0, 0.05) is 7.11 Å². The summed E-state index contributed by atoms with van der Waals surface area (Å²) in [7, 11) is 1.53. The Balaban J connectivity index is 1.81. The molecule has 7 heteroatoms. The van der Waals surface area contributed by atoms with E-state index in [4.69, 9.17) is 9.47 Å². The van der Waals surface area contributed by atoms with E-state index in [0.29, 0.717) is 30.6 Å². The third-order valence-electron chi connectivity index (χ3n) is 6.85. The Labute approximate surface area is 207 Å². The number of methoxy groups -OCH3 is 1. The summed E-state index contributed by atoms with van der Waals surface area (Å²) in [4.78, 5) is 27.8. The van der Waals surface area contributed by atoms with Crippen LogP contribution in [-0.4, -0.2) is 41.9 Å². The smallest absolute Gasteiger partial charge is 0.327 e. The molecule has 0 aliphatic carbocycles. The predicted octanol–water partition coefficient (Wildman–Crippen LogP) is 5.06. The molecule has 3 rings (SSSR count). The highest BCUT2D eigenvalue weighted by Gasteiger charge is 2.63. The summed E-state index contributed by atoms with van der Waals surface area (Å²) in [5.41, 5.74) is 1.99. The summed E-state index contributed by atoms with van der Waals surface area (Å²) >= 11 is 0. The van der Waals surface area contributed by atoms with Crippen molar-refractivity contribution in [3.05, 3.63) is 77.9 Å². The van der Waals surface area contributed by atoms with Crippen molar-refractivity contribution in [2.24, 2.45) is 5.41 Å². The zero-order chi connectivity index (χ0) is 25.6. The summed E-state index contributed by atoms with van der Waals surface area (Å²) in [5.74, 6) is 0.277. The first-order valence-electron chi connectivity index (χ1n) is 12.1. The first-order chi connectivity index (χ1) is 16.8. The van der Waals surface area contributed by atoms with Gasteiger partial charge in [-0.15, -0.1) is 6.58 Å². The minimum Gasteiger partial charge on any atom is -0.469 e. The molecular formula is C28H36N2O5. The van der Waals surface area contributed by atoms with Crippen LogP contribution in [0, 0.1) is 12.3 Å². The molecule has 7 nitrogen and oxygen atoms in total. The van der Waals surface area contributed by atoms with Crippen LogP contribution in [0.1, 0.15) is 61.9 Å². The number of carbonyl (C=O) groups is 2. The average Bonchev–Trinajstić information content (AvgIpc) is 2.85. The van der Waals surface area contributed by atoms with Crippen molar-refractivity contribution in [2.45, 2.75) is 58.4 Å². The van der Waals surface area contributed by atoms with Crippen LogP contribution >= 0.6 is 0 Å². The van der Waals surface area contributed by atoms with Crippen LogP contribution in [0.15, 0.2) is 61.2 Å². The van der Waals surface area contributed by atoms with Crippen LogP contribution in [0.25, 0.3) is 0 Å². The third kappa shape index (κ3) is 5.41. The van der Waals surface area contributed by atoms with E-state index in [1.807, 2.05) is 45.0 Å². The van der Waals surface area contributed by atoms with Gasteiger partial charge in [-0.25, -0.2) is 9.69 Å². The van der Waals surface area contributed by atoms with Crippen LogP contribution in [0.5, 0.6) is 5.75 Å². The molecule has 1 fully saturated rings. The van der Waals surface area contributed by atoms with E-state index in [2.05, 4.69) is 11.9 Å². The monoisotopic (exact) mass is 480 g/mol. The molecule has 188 valence electrons. The largest absolute Gasteiger partial charge is 0.469 e. The van der Waals surface area contributed by atoms with Gasteiger partial charge in [-0.3, -0.25) is 4.79 Å². The number of aryl methyl sites for hydroxylation is 1. The van der Waals surface area contributed by atoms with Crippen LogP contribution < -0.4 is 10.1 Å². The van der Waals surface area contributed by atoms with Gasteiger partial charge >= 0.3 is 6.03 Å². The molecule has 35 heavy (non-hydrogen) atoms. The second-order valence-electron chi connectivity index (χ2n) is 8.99. The summed E-state index contributed by atoms with van der Waals surface area (Å²) in [5, 5.41) is 13.1. The van der Waals surface area contributed by atoms with Crippen LogP contribution in [0.2, 0.25) is 0 Å². The fourth-order valence-electron chi connectivity index (χ4n) is 4.51. The Morgan fingerprint density at radius 1 is 1.14 bits per heavy atom. The number of carbonyl (C=O) groups excluding carboxylic acids is 2. The minimum absolute atomic E-state index is 0.187. The SMILES string of the molecule is C=CC[C@@H](NC(=O)N1C(=O)C(CC)(CC)C1Oc1ccc([C@H](O)COC)cc1)c1ccc(C)cc1. The van der Waals surface area contributed by atoms with Crippen LogP contribution in [0.3, 0.4) is 0 Å². The van der Waals surface area contributed by atoms with Gasteiger partial charge in [0.25, 0.3) is 0 Å². The number of rotatable bonds is 11. The highest BCUT2D eigenvalue weighted by atomic mass is 16.5. The molecule has 3 atom stereocenters. The molecule has 1 saturated heterocycles. The van der Waals surface area contributed by atoms with E-state index in [1.54, 1.807) is 30.3 Å². The number of likely N-dealkylation sites (tertiary alicyclic amines) is 1. The molecular weight excluding hydrogens is 444 g/mol. The molecule has 1 heterocycles. The van der Waals surface area contributed by atoms with Crippen molar-refractivity contribution < 1.29 is 24.2 Å². The molecule has 0 radical (unpaired) electrons. The maximum absolute atomic E-state index is 13.3. The number of aliphatic hydroxyl groups excluding tert-OH is 1. The van der Waals surface area contributed by atoms with Gasteiger partial charge in [-0.2, -0.15) is 0 Å². The number of β-lactam (4-membered cyclic amide) rings is 1. The van der Waals surface area contributed by atoms with Crippen molar-refractivity contribution in [1.29, 1.82) is 0 Å². The lowest BCUT2D eigenvalue weighted by molar-refractivity contribution is -0.191. The van der Waals surface area contributed by atoms with E-state index >= 15 is 0 Å². The van der Waals surface area contributed by atoms with Crippen molar-refractivity contribution in [1.82, 2.24) is 10.2 Å². The topological polar surface area (TPSA) is 88.1 Å². The molecule has 2 aromatic rings. The Morgan fingerprint density at radius 2 is 1.74 bits per heavy atom. The van der Waals surface area contributed by atoms with Crippen molar-refractivity contribution in [2.75, 3.05) is 13.7 Å². The maximum atomic E-state index is 13.3. The van der Waals surface area contributed by atoms with E-state index in [9.17, 15) is 14.7 Å². The number of aliphatic hydroxyl groups is 1. The number of benzene rings is 2. The molecule has 0 spiro atoms. The van der Waals surface area contributed by atoms with Gasteiger partial charge in [-0.05, 0) is 49.4 Å². The second-order valence-corrected chi connectivity index (χ2v) is 8.99. The van der Waals surface area contributed by atoms with E-state index < -0.39 is 23.8 Å². The fraction of sp³-hybridized carbons (Fsp3) is 0.429. The summed E-state index contributed by atoms with van der Waals surface area (Å²) in [6, 6.07) is 14.1. The second kappa shape index (κ2) is 11.5. The standard InChI is InChI=1S/C28H36N2O5/c1-6-9-23(20-12-10-19(4)11-13-20)29-27(33)30-25(32)28(7-2,8-3)26(30)35-22-16-14-21(15-17-22)24(31)18-34-5/h6,10-17,23-24,26,31H,1,7-9,18H2,2-5H3,(H,29,33)/t23-,24-,26?/m1/s1. The van der Waals surface area contributed by atoms with Gasteiger partial charge in [0.2, 0.25) is 5.91 Å². The first kappa shape index (κ1) is 26.4. The highest BCUT2D eigenvalue weighted by Crippen LogP contribution is 2.46. The number of ether oxygens (including phenoxy) is 2. The van der Waals surface area contributed by atoms with Gasteiger partial charge in [0.1, 0.15) is 17.3 Å². The van der Waals surface area contributed by atoms with Crippen molar-refractivity contribution >= 4 is 11.9 Å².